The first-order valence-electron chi connectivity index (χ1n) is 13.7. The second-order valence-electron chi connectivity index (χ2n) is 9.52. The number of esters is 1. The number of hydrazine groups is 1. The number of unbranched alkanes of at least 4 members (excludes halogenated alkanes) is 9. The lowest BCUT2D eigenvalue weighted by atomic mass is 10.1. The molecule has 0 aliphatic heterocycles. The van der Waals surface area contributed by atoms with E-state index < -0.39 is 0 Å². The number of hydrogen-bond acceptors (Lipinski definition) is 5. The number of benzene rings is 2. The Morgan fingerprint density at radius 3 is 1.75 bits per heavy atom. The number of carbonyl (C=O) groups excluding carboxylic acids is 1. The van der Waals surface area contributed by atoms with E-state index in [1.54, 1.807) is 6.92 Å². The van der Waals surface area contributed by atoms with Crippen LogP contribution in [0.5, 0.6) is 5.75 Å². The van der Waals surface area contributed by atoms with Gasteiger partial charge < -0.3 is 20.3 Å². The Labute approximate surface area is 218 Å². The predicted octanol–water partition coefficient (Wildman–Crippen LogP) is 8.48. The van der Waals surface area contributed by atoms with Crippen LogP contribution in [0.3, 0.4) is 0 Å². The van der Waals surface area contributed by atoms with E-state index in [2.05, 4.69) is 48.6 Å². The molecule has 0 atom stereocenters. The van der Waals surface area contributed by atoms with Gasteiger partial charge >= 0.3 is 5.97 Å². The van der Waals surface area contributed by atoms with Gasteiger partial charge in [0.05, 0.1) is 24.6 Å². The Morgan fingerprint density at radius 2 is 1.22 bits per heavy atom. The number of ether oxygens (including phenoxy) is 2. The molecule has 0 spiro atoms. The van der Waals surface area contributed by atoms with Crippen molar-refractivity contribution in [3.63, 3.8) is 0 Å². The van der Waals surface area contributed by atoms with Gasteiger partial charge in [0.25, 0.3) is 0 Å². The van der Waals surface area contributed by atoms with Gasteiger partial charge in [0.15, 0.2) is 0 Å². The quantitative estimate of drug-likeness (QED) is 0.0836. The predicted molar refractivity (Wildman–Crippen MR) is 152 cm³/mol. The standard InChI is InChI=1S/C31H46N2O3/c1-4-5-15-27-16-18-28(19-17-27)32-33-29-20-22-30(23-21-29)35-24-13-11-9-7-6-8-10-12-14-25-36-31(34)26(2)3/h16-23,32-33H,2,4-15,24-25H2,1,3H3. The summed E-state index contributed by atoms with van der Waals surface area (Å²) in [5.74, 6) is 0.634. The topological polar surface area (TPSA) is 59.6 Å². The van der Waals surface area contributed by atoms with E-state index in [4.69, 9.17) is 9.47 Å². The summed E-state index contributed by atoms with van der Waals surface area (Å²) in [6, 6.07) is 16.7. The van der Waals surface area contributed by atoms with Crippen molar-refractivity contribution in [3.05, 3.63) is 66.2 Å². The van der Waals surface area contributed by atoms with Crippen LogP contribution in [0.4, 0.5) is 11.4 Å². The summed E-state index contributed by atoms with van der Waals surface area (Å²) in [5, 5.41) is 0. The largest absolute Gasteiger partial charge is 0.494 e. The second kappa shape index (κ2) is 18.3. The van der Waals surface area contributed by atoms with Crippen molar-refractivity contribution in [1.82, 2.24) is 0 Å². The molecule has 0 fully saturated rings. The maximum Gasteiger partial charge on any atom is 0.333 e. The van der Waals surface area contributed by atoms with Crippen molar-refractivity contribution in [3.8, 4) is 5.75 Å². The van der Waals surface area contributed by atoms with E-state index in [-0.39, 0.29) is 5.97 Å². The lowest BCUT2D eigenvalue weighted by molar-refractivity contribution is -0.139. The number of anilines is 2. The third kappa shape index (κ3) is 13.2. The van der Waals surface area contributed by atoms with Crippen molar-refractivity contribution in [2.24, 2.45) is 0 Å². The number of nitrogens with one attached hydrogen (secondary N) is 2. The Kier molecular flexibility index (Phi) is 14.9. The number of carbonyl (C=O) groups is 1. The zero-order valence-corrected chi connectivity index (χ0v) is 22.5. The van der Waals surface area contributed by atoms with E-state index in [0.717, 1.165) is 49.4 Å². The maximum atomic E-state index is 11.3. The molecule has 36 heavy (non-hydrogen) atoms. The highest BCUT2D eigenvalue weighted by Crippen LogP contribution is 2.18. The second-order valence-corrected chi connectivity index (χ2v) is 9.52. The maximum absolute atomic E-state index is 11.3. The van der Waals surface area contributed by atoms with Gasteiger partial charge in [0.2, 0.25) is 0 Å². The summed E-state index contributed by atoms with van der Waals surface area (Å²) in [5.41, 5.74) is 10.4. The van der Waals surface area contributed by atoms with Crippen LogP contribution < -0.4 is 15.6 Å². The molecule has 0 heterocycles. The molecule has 0 radical (unpaired) electrons. The molecule has 0 bridgehead atoms. The molecule has 2 N–H and O–H groups in total. The SMILES string of the molecule is C=C(C)C(=O)OCCCCCCCCCCCOc1ccc(NNc2ccc(CCCC)cc2)cc1. The first kappa shape index (κ1) is 29.3. The third-order valence-corrected chi connectivity index (χ3v) is 6.12. The van der Waals surface area contributed by atoms with Gasteiger partial charge in [-0.1, -0.05) is 77.0 Å². The molecule has 5 nitrogen and oxygen atoms in total. The average Bonchev–Trinajstić information content (AvgIpc) is 2.90. The van der Waals surface area contributed by atoms with Gasteiger partial charge in [-0.3, -0.25) is 0 Å². The van der Waals surface area contributed by atoms with Crippen molar-refractivity contribution in [2.75, 3.05) is 24.1 Å². The molecule has 2 aromatic rings. The zero-order valence-electron chi connectivity index (χ0n) is 22.5. The van der Waals surface area contributed by atoms with Crippen LogP contribution >= 0.6 is 0 Å². The number of aryl methyl sites for hydroxylation is 1. The van der Waals surface area contributed by atoms with Crippen LogP contribution in [-0.2, 0) is 16.0 Å². The van der Waals surface area contributed by atoms with Gasteiger partial charge in [-0.05, 0) is 74.6 Å². The smallest absolute Gasteiger partial charge is 0.333 e. The van der Waals surface area contributed by atoms with E-state index >= 15 is 0 Å². The zero-order chi connectivity index (χ0) is 25.8. The fourth-order valence-electron chi connectivity index (χ4n) is 3.83. The van der Waals surface area contributed by atoms with E-state index in [9.17, 15) is 4.79 Å². The summed E-state index contributed by atoms with van der Waals surface area (Å²) >= 11 is 0. The molecule has 0 saturated heterocycles. The normalized spacial score (nSPS) is 10.6. The Hall–Kier alpha value is -2.95. The number of rotatable bonds is 20. The molecule has 0 aliphatic rings. The highest BCUT2D eigenvalue weighted by molar-refractivity contribution is 5.86. The first-order valence-corrected chi connectivity index (χ1v) is 13.7. The fraction of sp³-hybridized carbons (Fsp3) is 0.516. The van der Waals surface area contributed by atoms with Crippen molar-refractivity contribution < 1.29 is 14.3 Å². The van der Waals surface area contributed by atoms with Crippen LogP contribution in [0.2, 0.25) is 0 Å². The molecule has 0 aliphatic carbocycles. The highest BCUT2D eigenvalue weighted by Gasteiger charge is 2.02. The van der Waals surface area contributed by atoms with Gasteiger partial charge in [-0.2, -0.15) is 0 Å². The fourth-order valence-corrected chi connectivity index (χ4v) is 3.83. The average molecular weight is 495 g/mol. The monoisotopic (exact) mass is 494 g/mol. The van der Waals surface area contributed by atoms with E-state index in [1.807, 2.05) is 24.3 Å². The molecule has 0 amide bonds. The number of hydrogen-bond donors (Lipinski definition) is 2. The molecular weight excluding hydrogens is 448 g/mol. The first-order chi connectivity index (χ1) is 17.6. The molecule has 2 aromatic carbocycles. The molecule has 2 rings (SSSR count). The van der Waals surface area contributed by atoms with Crippen LogP contribution in [0.1, 0.15) is 90.0 Å². The van der Waals surface area contributed by atoms with Gasteiger partial charge in [0.1, 0.15) is 5.75 Å². The van der Waals surface area contributed by atoms with Gasteiger partial charge in [-0.25, -0.2) is 4.79 Å². The Balaban J connectivity index is 1.44. The molecular formula is C31H46N2O3. The molecule has 198 valence electrons. The van der Waals surface area contributed by atoms with Crippen molar-refractivity contribution in [1.29, 1.82) is 0 Å². The summed E-state index contributed by atoms with van der Waals surface area (Å²) in [6.45, 7) is 8.76. The lowest BCUT2D eigenvalue weighted by Crippen LogP contribution is -2.08. The van der Waals surface area contributed by atoms with Crippen molar-refractivity contribution >= 4 is 17.3 Å². The minimum Gasteiger partial charge on any atom is -0.494 e. The van der Waals surface area contributed by atoms with Crippen molar-refractivity contribution in [2.45, 2.75) is 90.9 Å². The van der Waals surface area contributed by atoms with E-state index in [1.165, 1.54) is 56.9 Å². The summed E-state index contributed by atoms with van der Waals surface area (Å²) in [4.78, 5) is 11.3. The van der Waals surface area contributed by atoms with Gasteiger partial charge in [0, 0.05) is 5.57 Å². The Morgan fingerprint density at radius 1 is 0.722 bits per heavy atom. The molecule has 0 saturated carbocycles. The summed E-state index contributed by atoms with van der Waals surface area (Å²) in [7, 11) is 0. The van der Waals surface area contributed by atoms with Crippen LogP contribution in [0.15, 0.2) is 60.7 Å². The highest BCUT2D eigenvalue weighted by atomic mass is 16.5. The molecule has 5 heteroatoms. The third-order valence-electron chi connectivity index (χ3n) is 6.12. The van der Waals surface area contributed by atoms with Gasteiger partial charge in [-0.15, -0.1) is 0 Å². The minimum absolute atomic E-state index is 0.278. The summed E-state index contributed by atoms with van der Waals surface area (Å²) in [6.07, 6.45) is 14.2. The van der Waals surface area contributed by atoms with E-state index in [0.29, 0.717) is 12.2 Å². The van der Waals surface area contributed by atoms with Crippen LogP contribution in [0, 0.1) is 0 Å². The molecule has 0 unspecified atom stereocenters. The summed E-state index contributed by atoms with van der Waals surface area (Å²) < 4.78 is 11.0. The lowest BCUT2D eigenvalue weighted by Gasteiger charge is -2.11. The minimum atomic E-state index is -0.278. The molecule has 0 aromatic heterocycles. The van der Waals surface area contributed by atoms with Crippen LogP contribution in [0.25, 0.3) is 0 Å². The Bertz CT molecular complexity index is 862. The van der Waals surface area contributed by atoms with Crippen LogP contribution in [-0.4, -0.2) is 19.2 Å².